The third-order valence-corrected chi connectivity index (χ3v) is 2.10. The van der Waals surface area contributed by atoms with E-state index in [0.29, 0.717) is 0 Å². The van der Waals surface area contributed by atoms with Gasteiger partial charge >= 0.3 is 12.1 Å². The Kier molecular flexibility index (Phi) is 8.02. The van der Waals surface area contributed by atoms with Gasteiger partial charge in [0.25, 0.3) is 0 Å². The molecule has 1 rings (SSSR count). The molecule has 0 aliphatic heterocycles. The maximum atomic E-state index is 12.4. The van der Waals surface area contributed by atoms with Crippen molar-refractivity contribution in [1.29, 1.82) is 5.26 Å². The summed E-state index contributed by atoms with van der Waals surface area (Å²) >= 11 is 4.27. The topological polar surface area (TPSA) is 62.5 Å². The van der Waals surface area contributed by atoms with Crippen LogP contribution >= 0.6 is 12.2 Å². The van der Waals surface area contributed by atoms with Crippen LogP contribution in [0.25, 0.3) is 0 Å². The third kappa shape index (κ3) is 7.53. The number of carbonyl (C=O) groups is 1. The molecular weight excluding hydrogens is 317 g/mol. The minimum absolute atomic E-state index is 0.0244. The molecule has 0 heterocycles. The molecule has 0 unspecified atom stereocenters. The van der Waals surface area contributed by atoms with Gasteiger partial charge in [-0.15, -0.1) is 0 Å². The number of hydrogen-bond acceptors (Lipinski definition) is 5. The van der Waals surface area contributed by atoms with Crippen molar-refractivity contribution in [2.24, 2.45) is 4.99 Å². The molecule has 0 atom stereocenters. The molecule has 0 spiro atoms. The molecule has 0 aliphatic rings. The fourth-order valence-electron chi connectivity index (χ4n) is 1.32. The first-order chi connectivity index (χ1) is 10.1. The lowest BCUT2D eigenvalue weighted by atomic mass is 10.1. The molecule has 0 aromatic heterocycles. The van der Waals surface area contributed by atoms with Gasteiger partial charge in [0.05, 0.1) is 34.1 Å². The Balaban J connectivity index is 0.000000534. The van der Waals surface area contributed by atoms with E-state index in [1.54, 1.807) is 0 Å². The van der Waals surface area contributed by atoms with Crippen LogP contribution in [0.1, 0.15) is 31.9 Å². The summed E-state index contributed by atoms with van der Waals surface area (Å²) in [6.07, 6.45) is -4.55. The second kappa shape index (κ2) is 8.93. The zero-order chi connectivity index (χ0) is 17.3. The number of nitriles is 1. The van der Waals surface area contributed by atoms with Crippen LogP contribution < -0.4 is 0 Å². The molecule has 1 aromatic carbocycles. The van der Waals surface area contributed by atoms with E-state index < -0.39 is 17.3 Å². The van der Waals surface area contributed by atoms with Gasteiger partial charge < -0.3 is 4.74 Å². The highest BCUT2D eigenvalue weighted by molar-refractivity contribution is 7.78. The first-order valence-electron chi connectivity index (χ1n) is 5.98. The van der Waals surface area contributed by atoms with Crippen molar-refractivity contribution < 1.29 is 22.7 Å². The first kappa shape index (κ1) is 19.8. The second-order valence-corrected chi connectivity index (χ2v) is 4.38. The molecule has 0 saturated heterocycles. The van der Waals surface area contributed by atoms with Crippen LogP contribution in [-0.4, -0.2) is 17.2 Å². The van der Waals surface area contributed by atoms with Crippen molar-refractivity contribution in [3.8, 4) is 6.07 Å². The quantitative estimate of drug-likeness (QED) is 0.461. The monoisotopic (exact) mass is 330 g/mol. The van der Waals surface area contributed by atoms with Gasteiger partial charge in [0.2, 0.25) is 0 Å². The maximum Gasteiger partial charge on any atom is 0.417 e. The lowest BCUT2D eigenvalue weighted by Gasteiger charge is -2.08. The van der Waals surface area contributed by atoms with E-state index >= 15 is 0 Å². The Morgan fingerprint density at radius 3 is 2.32 bits per heavy atom. The standard InChI is InChI=1S/C9H3F3N2S.C5H10O2/c10-9(11,12)8-3-7(14-5-15)2-1-6(8)4-13;1-4(2)7-5(3)6/h1-3H;4H,1-3H3. The van der Waals surface area contributed by atoms with Crippen LogP contribution in [0.5, 0.6) is 0 Å². The molecule has 0 saturated carbocycles. The number of ether oxygens (including phenoxy) is 1. The summed E-state index contributed by atoms with van der Waals surface area (Å²) < 4.78 is 41.9. The minimum atomic E-state index is -4.57. The summed E-state index contributed by atoms with van der Waals surface area (Å²) in [5, 5.41) is 10.4. The highest BCUT2D eigenvalue weighted by Gasteiger charge is 2.33. The number of alkyl halides is 3. The number of esters is 1. The van der Waals surface area contributed by atoms with Crippen LogP contribution in [-0.2, 0) is 15.7 Å². The molecule has 4 nitrogen and oxygen atoms in total. The molecular formula is C14H13F3N2O2S. The lowest BCUT2D eigenvalue weighted by Crippen LogP contribution is -2.07. The summed E-state index contributed by atoms with van der Waals surface area (Å²) in [5.41, 5.74) is -1.43. The Bertz CT molecular complexity index is 615. The number of carbonyl (C=O) groups excluding carboxylic acids is 1. The van der Waals surface area contributed by atoms with Crippen molar-refractivity contribution in [3.05, 3.63) is 29.3 Å². The highest BCUT2D eigenvalue weighted by atomic mass is 32.1. The number of halogens is 3. The van der Waals surface area contributed by atoms with Gasteiger partial charge in [-0.2, -0.15) is 23.4 Å². The molecule has 118 valence electrons. The van der Waals surface area contributed by atoms with Gasteiger partial charge in [-0.3, -0.25) is 4.79 Å². The second-order valence-electron chi connectivity index (χ2n) is 4.20. The fraction of sp³-hybridized carbons (Fsp3) is 0.357. The first-order valence-corrected chi connectivity index (χ1v) is 6.39. The molecule has 22 heavy (non-hydrogen) atoms. The van der Waals surface area contributed by atoms with Crippen LogP contribution in [0.4, 0.5) is 18.9 Å². The largest absolute Gasteiger partial charge is 0.463 e. The Labute approximate surface area is 131 Å². The molecule has 0 N–H and O–H groups in total. The van der Waals surface area contributed by atoms with Crippen LogP contribution in [0, 0.1) is 11.3 Å². The molecule has 0 amide bonds. The van der Waals surface area contributed by atoms with E-state index in [4.69, 9.17) is 5.26 Å². The molecule has 1 aromatic rings. The van der Waals surface area contributed by atoms with Gasteiger partial charge in [0.15, 0.2) is 0 Å². The number of rotatable bonds is 2. The molecule has 0 radical (unpaired) electrons. The summed E-state index contributed by atoms with van der Waals surface area (Å²) in [7, 11) is 0. The van der Waals surface area contributed by atoms with E-state index in [0.717, 1.165) is 12.1 Å². The zero-order valence-electron chi connectivity index (χ0n) is 12.1. The Hall–Kier alpha value is -2.23. The number of aliphatic imine (C=N–C) groups is 1. The number of isothiocyanates is 1. The number of nitrogens with zero attached hydrogens (tertiary/aromatic N) is 2. The van der Waals surface area contributed by atoms with E-state index in [1.165, 1.54) is 19.1 Å². The Morgan fingerprint density at radius 2 is 2.00 bits per heavy atom. The van der Waals surface area contributed by atoms with E-state index in [1.807, 2.05) is 19.0 Å². The van der Waals surface area contributed by atoms with Crippen molar-refractivity contribution in [2.75, 3.05) is 0 Å². The molecule has 0 bridgehead atoms. The van der Waals surface area contributed by atoms with Gasteiger partial charge in [-0.25, -0.2) is 0 Å². The minimum Gasteiger partial charge on any atom is -0.463 e. The third-order valence-electron chi connectivity index (χ3n) is 2.01. The maximum absolute atomic E-state index is 12.4. The predicted molar refractivity (Wildman–Crippen MR) is 77.7 cm³/mol. The Morgan fingerprint density at radius 1 is 1.41 bits per heavy atom. The summed E-state index contributed by atoms with van der Waals surface area (Å²) in [6, 6.07) is 4.55. The highest BCUT2D eigenvalue weighted by Crippen LogP contribution is 2.34. The molecule has 0 aliphatic carbocycles. The number of benzene rings is 1. The van der Waals surface area contributed by atoms with E-state index in [2.05, 4.69) is 21.9 Å². The van der Waals surface area contributed by atoms with E-state index in [9.17, 15) is 18.0 Å². The van der Waals surface area contributed by atoms with Crippen LogP contribution in [0.3, 0.4) is 0 Å². The number of thiocarbonyl (C=S) groups is 1. The van der Waals surface area contributed by atoms with Gasteiger partial charge in [0, 0.05) is 6.92 Å². The average molecular weight is 330 g/mol. The SMILES string of the molecule is CC(=O)OC(C)C.N#Cc1ccc(N=C=S)cc1C(F)(F)F. The van der Waals surface area contributed by atoms with Crippen molar-refractivity contribution in [1.82, 2.24) is 0 Å². The van der Waals surface area contributed by atoms with Gasteiger partial charge in [-0.05, 0) is 44.3 Å². The van der Waals surface area contributed by atoms with Gasteiger partial charge in [-0.1, -0.05) is 0 Å². The normalized spacial score (nSPS) is 9.91. The molecule has 8 heteroatoms. The fourth-order valence-corrected chi connectivity index (χ4v) is 1.42. The zero-order valence-corrected chi connectivity index (χ0v) is 12.9. The van der Waals surface area contributed by atoms with Crippen molar-refractivity contribution >= 4 is 29.0 Å². The smallest absolute Gasteiger partial charge is 0.417 e. The summed E-state index contributed by atoms with van der Waals surface area (Å²) in [4.78, 5) is 13.4. The number of hydrogen-bond donors (Lipinski definition) is 0. The van der Waals surface area contributed by atoms with Crippen LogP contribution in [0.15, 0.2) is 23.2 Å². The predicted octanol–water partition coefficient (Wildman–Crippen LogP) is 4.27. The average Bonchev–Trinajstić information content (AvgIpc) is 2.37. The lowest BCUT2D eigenvalue weighted by molar-refractivity contribution is -0.144. The van der Waals surface area contributed by atoms with Crippen LogP contribution in [0.2, 0.25) is 0 Å². The van der Waals surface area contributed by atoms with Crippen molar-refractivity contribution in [2.45, 2.75) is 33.1 Å². The molecule has 0 fully saturated rings. The van der Waals surface area contributed by atoms with E-state index in [-0.39, 0.29) is 17.8 Å². The van der Waals surface area contributed by atoms with Gasteiger partial charge in [0.1, 0.15) is 0 Å². The summed E-state index contributed by atoms with van der Waals surface area (Å²) in [5.74, 6) is -0.213. The summed E-state index contributed by atoms with van der Waals surface area (Å²) in [6.45, 7) is 5.04. The van der Waals surface area contributed by atoms with Crippen molar-refractivity contribution in [3.63, 3.8) is 0 Å².